The van der Waals surface area contributed by atoms with Gasteiger partial charge in [0.25, 0.3) is 5.91 Å². The fraction of sp³-hybridized carbons (Fsp3) is 0.208. The first-order valence-corrected chi connectivity index (χ1v) is 10.6. The number of carbonyl (C=O) groups is 1. The summed E-state index contributed by atoms with van der Waals surface area (Å²) in [6.45, 7) is 2.05. The van der Waals surface area contributed by atoms with Crippen LogP contribution in [0.25, 0.3) is 16.9 Å². The van der Waals surface area contributed by atoms with Gasteiger partial charge in [0.1, 0.15) is 5.82 Å². The second-order valence-corrected chi connectivity index (χ2v) is 8.13. The lowest BCUT2D eigenvalue weighted by Gasteiger charge is -2.33. The van der Waals surface area contributed by atoms with Gasteiger partial charge in [-0.2, -0.15) is 10.2 Å². The molecule has 174 valence electrons. The van der Waals surface area contributed by atoms with Crippen LogP contribution in [0.15, 0.2) is 48.8 Å². The molecule has 0 N–H and O–H groups in total. The molecule has 0 spiro atoms. The van der Waals surface area contributed by atoms with Crippen molar-refractivity contribution < 1.29 is 22.4 Å². The van der Waals surface area contributed by atoms with Crippen LogP contribution in [0.4, 0.5) is 17.6 Å². The Labute approximate surface area is 192 Å². The number of halogens is 4. The van der Waals surface area contributed by atoms with Crippen molar-refractivity contribution in [3.05, 3.63) is 88.9 Å². The van der Waals surface area contributed by atoms with Gasteiger partial charge in [-0.05, 0) is 49.7 Å². The minimum atomic E-state index is -1.53. The summed E-state index contributed by atoms with van der Waals surface area (Å²) in [6, 6.07) is 6.99. The van der Waals surface area contributed by atoms with Crippen molar-refractivity contribution in [1.29, 1.82) is 0 Å². The maximum absolute atomic E-state index is 14.1. The lowest BCUT2D eigenvalue weighted by atomic mass is 9.94. The van der Waals surface area contributed by atoms with Gasteiger partial charge in [-0.3, -0.25) is 9.48 Å². The van der Waals surface area contributed by atoms with E-state index < -0.39 is 35.2 Å². The Morgan fingerprint density at radius 3 is 2.50 bits per heavy atom. The quantitative estimate of drug-likeness (QED) is 0.326. The number of rotatable bonds is 3. The third-order valence-corrected chi connectivity index (χ3v) is 6.10. The van der Waals surface area contributed by atoms with Crippen molar-refractivity contribution >= 4 is 5.91 Å². The van der Waals surface area contributed by atoms with E-state index in [1.165, 1.54) is 27.6 Å². The molecule has 1 aliphatic heterocycles. The number of carbonyl (C=O) groups excluding carboxylic acids is 1. The van der Waals surface area contributed by atoms with Crippen LogP contribution in [0, 0.1) is 23.3 Å². The van der Waals surface area contributed by atoms with Gasteiger partial charge in [0.2, 0.25) is 0 Å². The molecule has 0 radical (unpaired) electrons. The van der Waals surface area contributed by atoms with Crippen molar-refractivity contribution in [2.45, 2.75) is 19.4 Å². The van der Waals surface area contributed by atoms with Gasteiger partial charge in [-0.1, -0.05) is 0 Å². The number of fused-ring (bicyclic) bond motifs is 1. The van der Waals surface area contributed by atoms with E-state index in [0.29, 0.717) is 23.5 Å². The number of hydrogen-bond donors (Lipinski definition) is 0. The van der Waals surface area contributed by atoms with Crippen molar-refractivity contribution in [1.82, 2.24) is 24.5 Å². The molecule has 3 heterocycles. The van der Waals surface area contributed by atoms with Crippen molar-refractivity contribution in [2.24, 2.45) is 7.05 Å². The number of nitrogens with zero attached hydrogens (tertiary/aromatic N) is 5. The van der Waals surface area contributed by atoms with Gasteiger partial charge < -0.3 is 4.90 Å². The summed E-state index contributed by atoms with van der Waals surface area (Å²) in [5.74, 6) is -5.06. The van der Waals surface area contributed by atoms with Gasteiger partial charge in [0.05, 0.1) is 28.7 Å². The second-order valence-electron chi connectivity index (χ2n) is 8.13. The average molecular weight is 469 g/mol. The first-order valence-electron chi connectivity index (χ1n) is 10.6. The molecule has 2 aromatic heterocycles. The topological polar surface area (TPSA) is 56.0 Å². The molecule has 1 aliphatic rings. The maximum Gasteiger partial charge on any atom is 0.256 e. The third-order valence-electron chi connectivity index (χ3n) is 6.10. The van der Waals surface area contributed by atoms with Crippen molar-refractivity contribution in [3.63, 3.8) is 0 Å². The monoisotopic (exact) mass is 469 g/mol. The fourth-order valence-corrected chi connectivity index (χ4v) is 4.52. The Bertz CT molecular complexity index is 1390. The van der Waals surface area contributed by atoms with Gasteiger partial charge >= 0.3 is 0 Å². The number of aryl methyl sites for hydroxylation is 1. The molecule has 5 rings (SSSR count). The molecule has 4 aromatic rings. The zero-order valence-corrected chi connectivity index (χ0v) is 18.3. The minimum Gasteiger partial charge on any atom is -0.330 e. The lowest BCUT2D eigenvalue weighted by molar-refractivity contribution is 0.0673. The average Bonchev–Trinajstić information content (AvgIpc) is 3.45. The summed E-state index contributed by atoms with van der Waals surface area (Å²) in [7, 11) is 1.62. The summed E-state index contributed by atoms with van der Waals surface area (Å²) in [4.78, 5) is 15.1. The summed E-state index contributed by atoms with van der Waals surface area (Å²) in [5, 5.41) is 8.65. The molecule has 1 atom stereocenters. The standard InChI is InChI=1S/C24H19F4N5O/c1-13-22-16(23(31(2)30-22)14-10-18(26)21(28)19(27)11-14)6-9-32(13)24(34)17-12-15(25)4-5-20(17)33-8-3-7-29-33/h3-5,7-8,10-13H,6,9H2,1-2H3. The predicted octanol–water partition coefficient (Wildman–Crippen LogP) is 4.59. The van der Waals surface area contributed by atoms with E-state index in [0.717, 1.165) is 17.7 Å². The van der Waals surface area contributed by atoms with Gasteiger partial charge in [-0.25, -0.2) is 22.2 Å². The van der Waals surface area contributed by atoms with E-state index in [1.54, 1.807) is 37.3 Å². The highest BCUT2D eigenvalue weighted by atomic mass is 19.2. The molecule has 1 amide bonds. The summed E-state index contributed by atoms with van der Waals surface area (Å²) >= 11 is 0. The highest BCUT2D eigenvalue weighted by Crippen LogP contribution is 2.37. The van der Waals surface area contributed by atoms with E-state index >= 15 is 0 Å². The number of hydrogen-bond acceptors (Lipinski definition) is 3. The highest BCUT2D eigenvalue weighted by molar-refractivity contribution is 5.98. The SMILES string of the molecule is CC1c2nn(C)c(-c3cc(F)c(F)c(F)c3)c2CCN1C(=O)c1cc(F)ccc1-n1cccn1. The van der Waals surface area contributed by atoms with Crippen LogP contribution in [-0.2, 0) is 13.5 Å². The van der Waals surface area contributed by atoms with Crippen LogP contribution in [0.3, 0.4) is 0 Å². The largest absolute Gasteiger partial charge is 0.330 e. The Hall–Kier alpha value is -3.95. The molecule has 0 fully saturated rings. The Morgan fingerprint density at radius 1 is 1.09 bits per heavy atom. The third kappa shape index (κ3) is 3.46. The molecule has 2 aromatic carbocycles. The van der Waals surface area contributed by atoms with Gasteiger partial charge in [0, 0.05) is 37.1 Å². The minimum absolute atomic E-state index is 0.151. The predicted molar refractivity (Wildman–Crippen MR) is 115 cm³/mol. The van der Waals surface area contributed by atoms with Crippen molar-refractivity contribution in [3.8, 4) is 16.9 Å². The Morgan fingerprint density at radius 2 is 1.82 bits per heavy atom. The first kappa shape index (κ1) is 21.9. The maximum atomic E-state index is 14.1. The van der Waals surface area contributed by atoms with Gasteiger partial charge in [-0.15, -0.1) is 0 Å². The smallest absolute Gasteiger partial charge is 0.256 e. The van der Waals surface area contributed by atoms with Crippen LogP contribution >= 0.6 is 0 Å². The second kappa shape index (κ2) is 8.12. The first-order chi connectivity index (χ1) is 16.3. The van der Waals surface area contributed by atoms with E-state index in [2.05, 4.69) is 10.2 Å². The summed E-state index contributed by atoms with van der Waals surface area (Å²) < 4.78 is 58.3. The highest BCUT2D eigenvalue weighted by Gasteiger charge is 2.34. The Kier molecular flexibility index (Phi) is 5.22. The van der Waals surface area contributed by atoms with E-state index in [4.69, 9.17) is 0 Å². The molecule has 0 saturated carbocycles. The van der Waals surface area contributed by atoms with Crippen LogP contribution in [-0.4, -0.2) is 36.9 Å². The van der Waals surface area contributed by atoms with E-state index in [1.807, 2.05) is 0 Å². The number of benzene rings is 2. The van der Waals surface area contributed by atoms with Crippen LogP contribution in [0.1, 0.15) is 34.6 Å². The zero-order valence-electron chi connectivity index (χ0n) is 18.3. The molecule has 34 heavy (non-hydrogen) atoms. The molecule has 10 heteroatoms. The number of amides is 1. The zero-order chi connectivity index (χ0) is 24.1. The molecule has 0 saturated heterocycles. The van der Waals surface area contributed by atoms with Crippen LogP contribution in [0.2, 0.25) is 0 Å². The molecule has 0 aliphatic carbocycles. The lowest BCUT2D eigenvalue weighted by Crippen LogP contribution is -2.39. The fourth-order valence-electron chi connectivity index (χ4n) is 4.52. The molecular formula is C24H19F4N5O. The summed E-state index contributed by atoms with van der Waals surface area (Å²) in [5.41, 5.74) is 2.47. The van der Waals surface area contributed by atoms with Crippen LogP contribution < -0.4 is 0 Å². The van der Waals surface area contributed by atoms with E-state index in [-0.39, 0.29) is 17.7 Å². The summed E-state index contributed by atoms with van der Waals surface area (Å²) in [6.07, 6.45) is 3.57. The van der Waals surface area contributed by atoms with Crippen LogP contribution in [0.5, 0.6) is 0 Å². The Balaban J connectivity index is 1.53. The van der Waals surface area contributed by atoms with E-state index in [9.17, 15) is 22.4 Å². The number of aromatic nitrogens is 4. The molecule has 6 nitrogen and oxygen atoms in total. The molecule has 0 bridgehead atoms. The molecule has 1 unspecified atom stereocenters. The van der Waals surface area contributed by atoms with Gasteiger partial charge in [0.15, 0.2) is 17.5 Å². The normalized spacial score (nSPS) is 15.5. The molecular weight excluding hydrogens is 450 g/mol. The van der Waals surface area contributed by atoms with Crippen molar-refractivity contribution in [2.75, 3.05) is 6.54 Å².